The maximum atomic E-state index is 7.75. The van der Waals surface area contributed by atoms with E-state index in [1.807, 2.05) is 0 Å². The normalized spacial score (nSPS) is 0.600. The minimum atomic E-state index is 0. The van der Waals surface area contributed by atoms with Crippen molar-refractivity contribution in [2.45, 2.75) is 0 Å². The summed E-state index contributed by atoms with van der Waals surface area (Å²) in [6.07, 6.45) is 0. The van der Waals surface area contributed by atoms with Crippen molar-refractivity contribution >= 4 is 37.5 Å². The first kappa shape index (κ1) is 33.4. The van der Waals surface area contributed by atoms with Gasteiger partial charge in [-0.2, -0.15) is 0 Å². The van der Waals surface area contributed by atoms with E-state index in [-0.39, 0.29) is 49.3 Å². The number of hydrogen-bond donors (Lipinski definition) is 0. The predicted molar refractivity (Wildman–Crippen MR) is 17.9 cm³/mol. The molecule has 0 aliphatic carbocycles. The van der Waals surface area contributed by atoms with E-state index in [1.165, 1.54) is 0 Å². The Balaban J connectivity index is -0.00000000167. The summed E-state index contributed by atoms with van der Waals surface area (Å²) in [6, 6.07) is 0. The molecule has 0 rings (SSSR count). The van der Waals surface area contributed by atoms with Gasteiger partial charge in [-0.15, -0.1) is 0 Å². The zero-order valence-corrected chi connectivity index (χ0v) is 7.16. The molecule has 0 bridgehead atoms. The van der Waals surface area contributed by atoms with Crippen molar-refractivity contribution in [3.05, 3.63) is 0 Å². The standard InChI is InChI=1S/BO.Li.Si.Zn/c1-2;;;. The van der Waals surface area contributed by atoms with Gasteiger partial charge in [-0.25, -0.2) is 0 Å². The Kier molecular flexibility index (Phi) is 387. The Hall–Kier alpha value is 1.30. The Bertz CT molecular complexity index is 11.6. The summed E-state index contributed by atoms with van der Waals surface area (Å²) in [5.41, 5.74) is 0. The first-order valence-corrected chi connectivity index (χ1v) is 0.236. The molecule has 0 atom stereocenters. The van der Waals surface area contributed by atoms with Gasteiger partial charge in [0, 0.05) is 49.3 Å². The van der Waals surface area contributed by atoms with Gasteiger partial charge < -0.3 is 0 Å². The summed E-state index contributed by atoms with van der Waals surface area (Å²) in [4.78, 5) is 0. The first-order valence-electron chi connectivity index (χ1n) is 0.236. The smallest absolute Gasteiger partial charge is 0 e. The molecule has 5 heavy (non-hydrogen) atoms. The molecule has 0 aromatic rings. The third-order valence-corrected chi connectivity index (χ3v) is 0. The molecule has 5 heteroatoms. The van der Waals surface area contributed by atoms with Gasteiger partial charge in [0.05, 0.1) is 0 Å². The quantitative estimate of drug-likeness (QED) is 0.371. The number of rotatable bonds is 0. The minimum Gasteiger partial charge on any atom is 0 e. The minimum absolute atomic E-state index is 0. The topological polar surface area (TPSA) is 17.1 Å². The average molecular weight is 127 g/mol. The van der Waals surface area contributed by atoms with E-state index < -0.39 is 0 Å². The maximum absolute atomic E-state index is 7.75. The van der Waals surface area contributed by atoms with Crippen LogP contribution in [-0.2, 0) is 24.2 Å². The molecule has 0 aliphatic rings. The summed E-state index contributed by atoms with van der Waals surface area (Å²) < 4.78 is 7.75. The van der Waals surface area contributed by atoms with Gasteiger partial charge in [0.2, 0.25) is 0 Å². The van der Waals surface area contributed by atoms with E-state index in [1.54, 1.807) is 0 Å². The van der Waals surface area contributed by atoms with Gasteiger partial charge in [0.25, 0.3) is 0 Å². The third kappa shape index (κ3) is 34.1. The van der Waals surface area contributed by atoms with E-state index in [4.69, 9.17) is 4.70 Å². The van der Waals surface area contributed by atoms with Crippen LogP contribution in [0, 0.1) is 0 Å². The molecule has 0 N–H and O–H groups in total. The van der Waals surface area contributed by atoms with E-state index in [0.717, 1.165) is 0 Å². The Morgan fingerprint density at radius 1 is 1.20 bits per heavy atom. The van der Waals surface area contributed by atoms with Crippen molar-refractivity contribution < 1.29 is 24.2 Å². The Morgan fingerprint density at radius 2 is 1.20 bits per heavy atom. The van der Waals surface area contributed by atoms with Gasteiger partial charge >= 0.3 is 12.4 Å². The largest absolute Gasteiger partial charge is 0 e. The fourth-order valence-corrected chi connectivity index (χ4v) is 0. The Morgan fingerprint density at radius 3 is 1.20 bits per heavy atom. The summed E-state index contributed by atoms with van der Waals surface area (Å²) >= 11 is 0. The summed E-state index contributed by atoms with van der Waals surface area (Å²) in [5, 5.41) is 0. The second-order valence-electron chi connectivity index (χ2n) is 0. The van der Waals surface area contributed by atoms with Gasteiger partial charge in [-0.3, -0.25) is 0 Å². The van der Waals surface area contributed by atoms with Gasteiger partial charge in [-0.1, -0.05) is 0 Å². The maximum Gasteiger partial charge on any atom is 0 e. The molecule has 0 aromatic heterocycles. The molecule has 0 unspecified atom stereocenters. The van der Waals surface area contributed by atoms with Crippen LogP contribution in [0.1, 0.15) is 0 Å². The van der Waals surface area contributed by atoms with E-state index in [0.29, 0.717) is 0 Å². The van der Waals surface area contributed by atoms with Crippen LogP contribution in [0.15, 0.2) is 0 Å². The van der Waals surface area contributed by atoms with Crippen molar-refractivity contribution in [3.8, 4) is 0 Å². The molecule has 0 amide bonds. The Labute approximate surface area is 61.7 Å². The van der Waals surface area contributed by atoms with E-state index in [2.05, 4.69) is 7.72 Å². The first-order chi connectivity index (χ1) is 1.00. The van der Waals surface area contributed by atoms with Crippen LogP contribution in [0.5, 0.6) is 0 Å². The van der Waals surface area contributed by atoms with Crippen molar-refractivity contribution in [3.63, 3.8) is 0 Å². The second-order valence-corrected chi connectivity index (χ2v) is 0. The fraction of sp³-hybridized carbons (Fsp3) is 0. The molecule has 6 radical (unpaired) electrons. The molecule has 0 aromatic carbocycles. The molecule has 0 aliphatic heterocycles. The van der Waals surface area contributed by atoms with Crippen LogP contribution in [0.25, 0.3) is 0 Å². The van der Waals surface area contributed by atoms with Crippen LogP contribution in [0.4, 0.5) is 0 Å². The molecule has 16 valence electrons. The van der Waals surface area contributed by atoms with Crippen LogP contribution in [0.3, 0.4) is 0 Å². The van der Waals surface area contributed by atoms with E-state index in [9.17, 15) is 0 Å². The van der Waals surface area contributed by atoms with Gasteiger partial charge in [0.15, 0.2) is 0 Å². The van der Waals surface area contributed by atoms with Crippen molar-refractivity contribution in [2.75, 3.05) is 0 Å². The fourth-order valence-electron chi connectivity index (χ4n) is 0. The zero-order chi connectivity index (χ0) is 2.00. The molecule has 0 heterocycles. The monoisotopic (exact) mass is 126 g/mol. The van der Waals surface area contributed by atoms with Crippen LogP contribution >= 0.6 is 0 Å². The molecular weight excluding hydrogens is 127 g/mol. The van der Waals surface area contributed by atoms with Crippen molar-refractivity contribution in [1.82, 2.24) is 0 Å². The van der Waals surface area contributed by atoms with Crippen molar-refractivity contribution in [2.24, 2.45) is 0 Å². The molecule has 0 fully saturated rings. The third-order valence-electron chi connectivity index (χ3n) is 0. The summed E-state index contributed by atoms with van der Waals surface area (Å²) in [5.74, 6) is 0. The summed E-state index contributed by atoms with van der Waals surface area (Å²) in [7, 11) is 3.25. The molecular formula is BLiOSiZn. The SMILES string of the molecule is [B]=O.[Li].[Si].[Zn]. The average Bonchev–Trinajstić information content (AvgIpc) is 1.00. The van der Waals surface area contributed by atoms with E-state index >= 15 is 0 Å². The van der Waals surface area contributed by atoms with Gasteiger partial charge in [0.1, 0.15) is 0 Å². The molecule has 0 spiro atoms. The van der Waals surface area contributed by atoms with Crippen LogP contribution in [0.2, 0.25) is 0 Å². The molecule has 0 saturated heterocycles. The summed E-state index contributed by atoms with van der Waals surface area (Å²) in [6.45, 7) is 0. The molecule has 1 nitrogen and oxygen atoms in total. The van der Waals surface area contributed by atoms with Crippen LogP contribution < -0.4 is 0 Å². The van der Waals surface area contributed by atoms with Gasteiger partial charge in [-0.05, 0) is 0 Å². The predicted octanol–water partition coefficient (Wildman–Crippen LogP) is -1.26. The number of hydrogen-bond acceptors (Lipinski definition) is 1. The zero-order valence-electron chi connectivity index (χ0n) is 3.19. The second kappa shape index (κ2) is 57.9. The van der Waals surface area contributed by atoms with Crippen molar-refractivity contribution in [1.29, 1.82) is 0 Å². The van der Waals surface area contributed by atoms with Crippen LogP contribution in [-0.4, -0.2) is 37.5 Å². The molecule has 0 saturated carbocycles.